The maximum Gasteiger partial charge on any atom is 0.433 e. The molecule has 1 amide bonds. The molecule has 0 radical (unpaired) electrons. The Labute approximate surface area is 186 Å². The van der Waals surface area contributed by atoms with Gasteiger partial charge in [-0.3, -0.25) is 4.79 Å². The molecule has 1 aromatic carbocycles. The average Bonchev–Trinajstić information content (AvgIpc) is 3.45. The van der Waals surface area contributed by atoms with Crippen molar-refractivity contribution in [3.05, 3.63) is 77.8 Å². The fourth-order valence-corrected chi connectivity index (χ4v) is 3.43. The minimum Gasteiger partial charge on any atom is -0.469 e. The third kappa shape index (κ3) is 4.74. The van der Waals surface area contributed by atoms with Crippen LogP contribution in [0, 0.1) is 5.82 Å². The fraction of sp³-hybridized carbons (Fsp3) is 0.261. The molecule has 172 valence electrons. The number of benzene rings is 1. The number of furan rings is 1. The molecule has 0 aliphatic rings. The number of hydrogen-bond donors (Lipinski definition) is 0. The van der Waals surface area contributed by atoms with Crippen LogP contribution in [0.1, 0.15) is 35.3 Å². The topological polar surface area (TPSA) is 63.6 Å². The zero-order valence-electron chi connectivity index (χ0n) is 17.8. The van der Waals surface area contributed by atoms with Crippen LogP contribution in [0.4, 0.5) is 17.6 Å². The van der Waals surface area contributed by atoms with Gasteiger partial charge in [0.05, 0.1) is 12.0 Å². The quantitative estimate of drug-likeness (QED) is 0.369. The lowest BCUT2D eigenvalue weighted by atomic mass is 10.1. The van der Waals surface area contributed by atoms with E-state index in [0.29, 0.717) is 22.9 Å². The lowest BCUT2D eigenvalue weighted by molar-refractivity contribution is -0.142. The molecule has 4 rings (SSSR count). The second-order valence-corrected chi connectivity index (χ2v) is 7.71. The summed E-state index contributed by atoms with van der Waals surface area (Å²) in [6.07, 6.45) is -1.97. The number of hydrogen-bond acceptors (Lipinski definition) is 4. The second kappa shape index (κ2) is 8.68. The van der Waals surface area contributed by atoms with E-state index in [1.165, 1.54) is 23.1 Å². The first-order chi connectivity index (χ1) is 15.6. The van der Waals surface area contributed by atoms with Crippen molar-refractivity contribution in [2.75, 3.05) is 7.05 Å². The molecule has 0 aliphatic heterocycles. The van der Waals surface area contributed by atoms with Crippen molar-refractivity contribution in [3.63, 3.8) is 0 Å². The summed E-state index contributed by atoms with van der Waals surface area (Å²) in [4.78, 5) is 18.6. The van der Waals surface area contributed by atoms with Crippen LogP contribution in [0.5, 0.6) is 0 Å². The summed E-state index contributed by atoms with van der Waals surface area (Å²) in [7, 11) is 1.57. The standard InChI is InChI=1S/C23H20F4N4O2/c1-14(5-10-17-4-3-11-33-17)30(2)22(32)19-13-21-28-18(15-6-8-16(24)9-7-15)12-20(23(25,26)27)31(21)29-19/h3-4,6-9,11-14H,5,10H2,1-2H3. The first kappa shape index (κ1) is 22.5. The lowest BCUT2D eigenvalue weighted by Gasteiger charge is -2.23. The van der Waals surface area contributed by atoms with Crippen LogP contribution in [-0.2, 0) is 12.6 Å². The van der Waals surface area contributed by atoms with E-state index >= 15 is 0 Å². The van der Waals surface area contributed by atoms with Crippen molar-refractivity contribution in [2.24, 2.45) is 0 Å². The molecule has 3 heterocycles. The van der Waals surface area contributed by atoms with Gasteiger partial charge in [0.25, 0.3) is 5.91 Å². The van der Waals surface area contributed by atoms with Gasteiger partial charge in [-0.2, -0.15) is 18.3 Å². The summed E-state index contributed by atoms with van der Waals surface area (Å²) in [6, 6.07) is 10.4. The normalized spacial score (nSPS) is 12.8. The third-order valence-corrected chi connectivity index (χ3v) is 5.45. The SMILES string of the molecule is CC(CCc1ccco1)N(C)C(=O)c1cc2nc(-c3ccc(F)cc3)cc(C(F)(F)F)n2n1. The van der Waals surface area contributed by atoms with E-state index in [9.17, 15) is 22.4 Å². The Morgan fingerprint density at radius 2 is 1.91 bits per heavy atom. The van der Waals surface area contributed by atoms with Crippen molar-refractivity contribution >= 4 is 11.6 Å². The fourth-order valence-electron chi connectivity index (χ4n) is 3.43. The summed E-state index contributed by atoms with van der Waals surface area (Å²) in [6.45, 7) is 1.84. The Kier molecular flexibility index (Phi) is 5.92. The van der Waals surface area contributed by atoms with E-state index in [1.807, 2.05) is 13.0 Å². The third-order valence-electron chi connectivity index (χ3n) is 5.45. The van der Waals surface area contributed by atoms with Gasteiger partial charge in [0, 0.05) is 31.1 Å². The number of rotatable bonds is 6. The van der Waals surface area contributed by atoms with Crippen LogP contribution in [0.25, 0.3) is 16.9 Å². The molecular weight excluding hydrogens is 440 g/mol. The molecule has 0 N–H and O–H groups in total. The molecule has 3 aromatic heterocycles. The molecule has 4 aromatic rings. The molecule has 1 atom stereocenters. The molecule has 0 bridgehead atoms. The smallest absolute Gasteiger partial charge is 0.433 e. The molecule has 10 heteroatoms. The van der Waals surface area contributed by atoms with E-state index in [0.717, 1.165) is 24.0 Å². The van der Waals surface area contributed by atoms with Gasteiger partial charge in [-0.15, -0.1) is 0 Å². The van der Waals surface area contributed by atoms with Crippen molar-refractivity contribution in [1.82, 2.24) is 19.5 Å². The van der Waals surface area contributed by atoms with Crippen molar-refractivity contribution in [3.8, 4) is 11.3 Å². The van der Waals surface area contributed by atoms with E-state index in [4.69, 9.17) is 4.42 Å². The van der Waals surface area contributed by atoms with E-state index in [-0.39, 0.29) is 23.1 Å². The zero-order valence-corrected chi connectivity index (χ0v) is 17.8. The zero-order chi connectivity index (χ0) is 23.8. The van der Waals surface area contributed by atoms with Crippen molar-refractivity contribution in [2.45, 2.75) is 32.0 Å². The minimum absolute atomic E-state index is 0.00565. The van der Waals surface area contributed by atoms with Gasteiger partial charge in [0.2, 0.25) is 0 Å². The first-order valence-electron chi connectivity index (χ1n) is 10.2. The van der Waals surface area contributed by atoms with E-state index < -0.39 is 23.6 Å². The Bertz CT molecular complexity index is 1260. The first-order valence-corrected chi connectivity index (χ1v) is 10.2. The number of halogens is 4. The van der Waals surface area contributed by atoms with Crippen molar-refractivity contribution < 1.29 is 26.8 Å². The van der Waals surface area contributed by atoms with Gasteiger partial charge < -0.3 is 9.32 Å². The number of fused-ring (bicyclic) bond motifs is 1. The summed E-state index contributed by atoms with van der Waals surface area (Å²) in [5.41, 5.74) is -1.07. The van der Waals surface area contributed by atoms with Gasteiger partial charge in [-0.05, 0) is 55.8 Å². The van der Waals surface area contributed by atoms with Crippen LogP contribution < -0.4 is 0 Å². The molecule has 0 aliphatic carbocycles. The van der Waals surface area contributed by atoms with Crippen LogP contribution in [-0.4, -0.2) is 38.5 Å². The maximum absolute atomic E-state index is 13.8. The lowest BCUT2D eigenvalue weighted by Crippen LogP contribution is -2.35. The average molecular weight is 460 g/mol. The Balaban J connectivity index is 1.65. The van der Waals surface area contributed by atoms with Gasteiger partial charge in [-0.25, -0.2) is 13.9 Å². The summed E-state index contributed by atoms with van der Waals surface area (Å²) in [5.74, 6) is -0.260. The summed E-state index contributed by atoms with van der Waals surface area (Å²) in [5, 5.41) is 3.91. The molecule has 33 heavy (non-hydrogen) atoms. The molecule has 0 spiro atoms. The van der Waals surface area contributed by atoms with Crippen LogP contribution >= 0.6 is 0 Å². The number of amides is 1. The van der Waals surface area contributed by atoms with Crippen molar-refractivity contribution in [1.29, 1.82) is 0 Å². The molecule has 0 saturated heterocycles. The number of carbonyl (C=O) groups excluding carboxylic acids is 1. The second-order valence-electron chi connectivity index (χ2n) is 7.71. The Hall–Kier alpha value is -3.69. The molecular formula is C23H20F4N4O2. The highest BCUT2D eigenvalue weighted by Gasteiger charge is 2.36. The molecule has 0 saturated carbocycles. The minimum atomic E-state index is -4.75. The van der Waals surface area contributed by atoms with Crippen LogP contribution in [0.15, 0.2) is 59.2 Å². The van der Waals surface area contributed by atoms with E-state index in [2.05, 4.69) is 10.1 Å². The van der Waals surface area contributed by atoms with Gasteiger partial charge in [0.1, 0.15) is 11.6 Å². The highest BCUT2D eigenvalue weighted by Crippen LogP contribution is 2.32. The van der Waals surface area contributed by atoms with Crippen LogP contribution in [0.2, 0.25) is 0 Å². The number of alkyl halides is 3. The summed E-state index contributed by atoms with van der Waals surface area (Å²) >= 11 is 0. The van der Waals surface area contributed by atoms with Crippen LogP contribution in [0.3, 0.4) is 0 Å². The summed E-state index contributed by atoms with van der Waals surface area (Å²) < 4.78 is 60.4. The Morgan fingerprint density at radius 1 is 1.18 bits per heavy atom. The number of aryl methyl sites for hydroxylation is 1. The monoisotopic (exact) mass is 460 g/mol. The van der Waals surface area contributed by atoms with Gasteiger partial charge >= 0.3 is 6.18 Å². The maximum atomic E-state index is 13.8. The predicted molar refractivity (Wildman–Crippen MR) is 112 cm³/mol. The number of carbonyl (C=O) groups is 1. The Morgan fingerprint density at radius 3 is 2.55 bits per heavy atom. The van der Waals surface area contributed by atoms with E-state index in [1.54, 1.807) is 19.4 Å². The number of aromatic nitrogens is 3. The highest BCUT2D eigenvalue weighted by atomic mass is 19.4. The predicted octanol–water partition coefficient (Wildman–Crippen LogP) is 5.24. The molecule has 1 unspecified atom stereocenters. The molecule has 6 nitrogen and oxygen atoms in total. The number of nitrogens with zero attached hydrogens (tertiary/aromatic N) is 4. The largest absolute Gasteiger partial charge is 0.469 e. The van der Waals surface area contributed by atoms with Gasteiger partial charge in [0.15, 0.2) is 17.0 Å². The highest BCUT2D eigenvalue weighted by molar-refractivity contribution is 5.93. The van der Waals surface area contributed by atoms with Gasteiger partial charge in [-0.1, -0.05) is 0 Å². The molecule has 0 fully saturated rings.